The lowest BCUT2D eigenvalue weighted by molar-refractivity contribution is -0.277. The SMILES string of the molecule is O[C@@H]1O[C@@H](COCc2ccccc2)C[C@@H](OCc2ccccc2)[C@H]1OCc1ccccc1. The molecule has 1 aliphatic heterocycles. The fourth-order valence-electron chi connectivity index (χ4n) is 3.79. The zero-order valence-corrected chi connectivity index (χ0v) is 18.1. The molecule has 0 aliphatic carbocycles. The van der Waals surface area contributed by atoms with Crippen molar-refractivity contribution in [1.29, 1.82) is 0 Å². The zero-order chi connectivity index (χ0) is 22.0. The summed E-state index contributed by atoms with van der Waals surface area (Å²) in [6.45, 7) is 1.70. The van der Waals surface area contributed by atoms with Crippen LogP contribution in [0.5, 0.6) is 0 Å². The molecule has 5 heteroatoms. The molecule has 0 aromatic heterocycles. The maximum atomic E-state index is 10.7. The second-order valence-electron chi connectivity index (χ2n) is 7.98. The Morgan fingerprint density at radius 1 is 0.688 bits per heavy atom. The van der Waals surface area contributed by atoms with Gasteiger partial charge in [-0.05, 0) is 16.7 Å². The highest BCUT2D eigenvalue weighted by Crippen LogP contribution is 2.26. The fourth-order valence-corrected chi connectivity index (χ4v) is 3.79. The molecule has 0 unspecified atom stereocenters. The third kappa shape index (κ3) is 6.73. The number of hydrogen-bond donors (Lipinski definition) is 1. The summed E-state index contributed by atoms with van der Waals surface area (Å²) in [6.07, 6.45) is -1.67. The minimum Gasteiger partial charge on any atom is -0.374 e. The highest BCUT2D eigenvalue weighted by atomic mass is 16.7. The molecular formula is C27H30O5. The fraction of sp³-hybridized carbons (Fsp3) is 0.333. The van der Waals surface area contributed by atoms with Gasteiger partial charge in [0, 0.05) is 6.42 Å². The molecule has 3 aromatic carbocycles. The van der Waals surface area contributed by atoms with Gasteiger partial charge in [-0.3, -0.25) is 0 Å². The number of aliphatic hydroxyl groups excluding tert-OH is 1. The molecule has 0 bridgehead atoms. The summed E-state index contributed by atoms with van der Waals surface area (Å²) in [6, 6.07) is 29.9. The minimum atomic E-state index is -1.08. The van der Waals surface area contributed by atoms with Crippen molar-refractivity contribution in [2.45, 2.75) is 50.8 Å². The molecule has 1 heterocycles. The number of rotatable bonds is 10. The van der Waals surface area contributed by atoms with E-state index in [1.165, 1.54) is 0 Å². The van der Waals surface area contributed by atoms with Crippen molar-refractivity contribution in [3.63, 3.8) is 0 Å². The Bertz CT molecular complexity index is 903. The van der Waals surface area contributed by atoms with Crippen LogP contribution < -0.4 is 0 Å². The predicted molar refractivity (Wildman–Crippen MR) is 122 cm³/mol. The molecule has 4 atom stereocenters. The van der Waals surface area contributed by atoms with Crippen LogP contribution in [0.4, 0.5) is 0 Å². The van der Waals surface area contributed by atoms with Gasteiger partial charge in [-0.15, -0.1) is 0 Å². The lowest BCUT2D eigenvalue weighted by Gasteiger charge is -2.39. The molecular weight excluding hydrogens is 404 g/mol. The molecule has 168 valence electrons. The number of benzene rings is 3. The molecule has 5 nitrogen and oxygen atoms in total. The molecule has 1 saturated heterocycles. The van der Waals surface area contributed by atoms with Gasteiger partial charge >= 0.3 is 0 Å². The molecule has 0 spiro atoms. The van der Waals surface area contributed by atoms with Gasteiger partial charge in [0.25, 0.3) is 0 Å². The first-order valence-corrected chi connectivity index (χ1v) is 11.0. The predicted octanol–water partition coefficient (Wildman–Crippen LogP) is 4.48. The lowest BCUT2D eigenvalue weighted by Crippen LogP contribution is -2.51. The van der Waals surface area contributed by atoms with Gasteiger partial charge in [-0.25, -0.2) is 0 Å². The van der Waals surface area contributed by atoms with Crippen molar-refractivity contribution in [2.24, 2.45) is 0 Å². The molecule has 4 rings (SSSR count). The van der Waals surface area contributed by atoms with Crippen molar-refractivity contribution in [2.75, 3.05) is 6.61 Å². The molecule has 1 aliphatic rings. The van der Waals surface area contributed by atoms with Crippen molar-refractivity contribution < 1.29 is 24.1 Å². The topological polar surface area (TPSA) is 57.2 Å². The molecule has 32 heavy (non-hydrogen) atoms. The minimum absolute atomic E-state index is 0.272. The van der Waals surface area contributed by atoms with Crippen LogP contribution in [-0.2, 0) is 38.8 Å². The molecule has 1 N–H and O–H groups in total. The summed E-state index contributed by atoms with van der Waals surface area (Å²) in [5.74, 6) is 0. The van der Waals surface area contributed by atoms with E-state index in [1.807, 2.05) is 91.0 Å². The van der Waals surface area contributed by atoms with Crippen LogP contribution in [0.3, 0.4) is 0 Å². The summed E-state index contributed by atoms with van der Waals surface area (Å²) in [4.78, 5) is 0. The van der Waals surface area contributed by atoms with E-state index in [0.717, 1.165) is 16.7 Å². The van der Waals surface area contributed by atoms with Gasteiger partial charge in [0.15, 0.2) is 6.29 Å². The molecule has 0 saturated carbocycles. The van der Waals surface area contributed by atoms with Crippen LogP contribution in [0, 0.1) is 0 Å². The quantitative estimate of drug-likeness (QED) is 0.510. The Kier molecular flexibility index (Phi) is 8.42. The summed E-state index contributed by atoms with van der Waals surface area (Å²) in [5, 5.41) is 10.7. The number of aliphatic hydroxyl groups is 1. The molecule has 3 aromatic rings. The van der Waals surface area contributed by atoms with E-state index in [2.05, 4.69) is 0 Å². The zero-order valence-electron chi connectivity index (χ0n) is 18.1. The van der Waals surface area contributed by atoms with E-state index in [9.17, 15) is 5.11 Å². The smallest absolute Gasteiger partial charge is 0.184 e. The highest BCUT2D eigenvalue weighted by molar-refractivity contribution is 5.15. The van der Waals surface area contributed by atoms with Crippen molar-refractivity contribution in [3.8, 4) is 0 Å². The van der Waals surface area contributed by atoms with Gasteiger partial charge in [0.1, 0.15) is 6.10 Å². The first kappa shape index (κ1) is 22.6. The van der Waals surface area contributed by atoms with Crippen LogP contribution in [0.1, 0.15) is 23.1 Å². The number of hydrogen-bond acceptors (Lipinski definition) is 5. The Morgan fingerprint density at radius 2 is 1.19 bits per heavy atom. The van der Waals surface area contributed by atoms with E-state index in [1.54, 1.807) is 0 Å². The lowest BCUT2D eigenvalue weighted by atomic mass is 10.0. The average molecular weight is 435 g/mol. The van der Waals surface area contributed by atoms with Crippen LogP contribution in [0.2, 0.25) is 0 Å². The molecule has 1 fully saturated rings. The Hall–Kier alpha value is -2.54. The van der Waals surface area contributed by atoms with Gasteiger partial charge in [0.2, 0.25) is 0 Å². The highest BCUT2D eigenvalue weighted by Gasteiger charge is 2.39. The first-order valence-electron chi connectivity index (χ1n) is 11.0. The van der Waals surface area contributed by atoms with E-state index >= 15 is 0 Å². The summed E-state index contributed by atoms with van der Waals surface area (Å²) >= 11 is 0. The van der Waals surface area contributed by atoms with Gasteiger partial charge < -0.3 is 24.1 Å². The monoisotopic (exact) mass is 434 g/mol. The third-order valence-corrected chi connectivity index (χ3v) is 5.48. The van der Waals surface area contributed by atoms with Crippen LogP contribution in [0.15, 0.2) is 91.0 Å². The van der Waals surface area contributed by atoms with Crippen molar-refractivity contribution in [1.82, 2.24) is 0 Å². The normalized spacial score (nSPS) is 23.2. The van der Waals surface area contributed by atoms with E-state index in [4.69, 9.17) is 18.9 Å². The standard InChI is InChI=1S/C27H30O5/c28-27-26(31-19-23-14-8-3-9-15-23)25(30-18-22-12-6-2-7-13-22)16-24(32-27)20-29-17-21-10-4-1-5-11-21/h1-15,24-28H,16-20H2/t24-,25-,26-,27-/m1/s1. The van der Waals surface area contributed by atoms with E-state index < -0.39 is 12.4 Å². The van der Waals surface area contributed by atoms with Gasteiger partial charge in [0.05, 0.1) is 38.6 Å². The number of ether oxygens (including phenoxy) is 4. The second-order valence-corrected chi connectivity index (χ2v) is 7.98. The maximum Gasteiger partial charge on any atom is 0.184 e. The van der Waals surface area contributed by atoms with Crippen LogP contribution in [-0.4, -0.2) is 36.3 Å². The maximum absolute atomic E-state index is 10.7. The van der Waals surface area contributed by atoms with Gasteiger partial charge in [-0.1, -0.05) is 91.0 Å². The largest absolute Gasteiger partial charge is 0.374 e. The van der Waals surface area contributed by atoms with Crippen LogP contribution in [0.25, 0.3) is 0 Å². The Labute approximate surface area is 189 Å². The van der Waals surface area contributed by atoms with Crippen molar-refractivity contribution in [3.05, 3.63) is 108 Å². The Balaban J connectivity index is 1.36. The van der Waals surface area contributed by atoms with E-state index in [-0.39, 0.29) is 12.2 Å². The summed E-state index contributed by atoms with van der Waals surface area (Å²) in [5.41, 5.74) is 3.21. The first-order chi connectivity index (χ1) is 15.8. The second kappa shape index (κ2) is 11.9. The summed E-state index contributed by atoms with van der Waals surface area (Å²) < 4.78 is 24.0. The third-order valence-electron chi connectivity index (χ3n) is 5.48. The Morgan fingerprint density at radius 3 is 1.75 bits per heavy atom. The van der Waals surface area contributed by atoms with E-state index in [0.29, 0.717) is 32.8 Å². The average Bonchev–Trinajstić information content (AvgIpc) is 2.84. The van der Waals surface area contributed by atoms with Crippen LogP contribution >= 0.6 is 0 Å². The van der Waals surface area contributed by atoms with Crippen molar-refractivity contribution >= 4 is 0 Å². The molecule has 0 amide bonds. The molecule has 0 radical (unpaired) electrons. The summed E-state index contributed by atoms with van der Waals surface area (Å²) in [7, 11) is 0. The van der Waals surface area contributed by atoms with Gasteiger partial charge in [-0.2, -0.15) is 0 Å².